The second-order valence-corrected chi connectivity index (χ2v) is 8.94. The zero-order valence-electron chi connectivity index (χ0n) is 17.7. The summed E-state index contributed by atoms with van der Waals surface area (Å²) < 4.78 is 29.8. The minimum absolute atomic E-state index is 0.0161. The van der Waals surface area contributed by atoms with Crippen LogP contribution in [0.3, 0.4) is 0 Å². The molecule has 0 radical (unpaired) electrons. The van der Waals surface area contributed by atoms with Crippen LogP contribution in [0, 0.1) is 13.8 Å². The van der Waals surface area contributed by atoms with Crippen LogP contribution in [0.25, 0.3) is 0 Å². The van der Waals surface area contributed by atoms with Gasteiger partial charge < -0.3 is 9.88 Å². The molecule has 0 atom stereocenters. The third kappa shape index (κ3) is 4.86. The summed E-state index contributed by atoms with van der Waals surface area (Å²) in [4.78, 5) is 24.4. The first-order chi connectivity index (χ1) is 14.7. The highest BCUT2D eigenvalue weighted by atomic mass is 32.2. The van der Waals surface area contributed by atoms with E-state index in [2.05, 4.69) is 5.32 Å². The van der Waals surface area contributed by atoms with Crippen molar-refractivity contribution in [1.29, 1.82) is 0 Å². The summed E-state index contributed by atoms with van der Waals surface area (Å²) in [6.45, 7) is 5.46. The van der Waals surface area contributed by atoms with Crippen LogP contribution in [-0.4, -0.2) is 25.4 Å². The minimum atomic E-state index is -3.90. The molecule has 0 spiro atoms. The molecule has 0 aliphatic heterocycles. The Kier molecular flexibility index (Phi) is 6.60. The standard InChI is InChI=1S/C23H25N3O4S/c1-4-26(19-10-6-5-7-11-19)31(29,30)22-13-9-8-12-21(22)24-23(28)16-25-17(2)14-20(27)15-18(25)3/h5-15H,4,16H2,1-3H3,(H,24,28). The highest BCUT2D eigenvalue weighted by molar-refractivity contribution is 7.93. The molecular formula is C23H25N3O4S. The summed E-state index contributed by atoms with van der Waals surface area (Å²) >= 11 is 0. The second kappa shape index (κ2) is 9.18. The maximum absolute atomic E-state index is 13.4. The van der Waals surface area contributed by atoms with Crippen molar-refractivity contribution in [2.24, 2.45) is 0 Å². The number of sulfonamides is 1. The van der Waals surface area contributed by atoms with Crippen molar-refractivity contribution in [3.63, 3.8) is 0 Å². The van der Waals surface area contributed by atoms with Gasteiger partial charge in [-0.1, -0.05) is 30.3 Å². The van der Waals surface area contributed by atoms with Crippen LogP contribution in [0.4, 0.5) is 11.4 Å². The summed E-state index contributed by atoms with van der Waals surface area (Å²) in [6, 6.07) is 18.1. The van der Waals surface area contributed by atoms with Crippen LogP contribution in [0.2, 0.25) is 0 Å². The van der Waals surface area contributed by atoms with E-state index in [1.165, 1.54) is 22.5 Å². The highest BCUT2D eigenvalue weighted by Gasteiger charge is 2.26. The van der Waals surface area contributed by atoms with Gasteiger partial charge in [-0.2, -0.15) is 0 Å². The molecule has 1 amide bonds. The Morgan fingerprint density at radius 1 is 0.968 bits per heavy atom. The third-order valence-electron chi connectivity index (χ3n) is 4.92. The Balaban J connectivity index is 1.92. The van der Waals surface area contributed by atoms with E-state index >= 15 is 0 Å². The van der Waals surface area contributed by atoms with Gasteiger partial charge in [0.25, 0.3) is 10.0 Å². The number of nitrogens with zero attached hydrogens (tertiary/aromatic N) is 2. The van der Waals surface area contributed by atoms with Gasteiger partial charge in [0.1, 0.15) is 11.4 Å². The minimum Gasteiger partial charge on any atom is -0.340 e. The first-order valence-corrected chi connectivity index (χ1v) is 11.3. The van der Waals surface area contributed by atoms with Crippen LogP contribution >= 0.6 is 0 Å². The van der Waals surface area contributed by atoms with Gasteiger partial charge in [-0.15, -0.1) is 0 Å². The summed E-state index contributed by atoms with van der Waals surface area (Å²) in [5.74, 6) is -0.389. The average Bonchev–Trinajstić information content (AvgIpc) is 2.72. The first-order valence-electron chi connectivity index (χ1n) is 9.88. The monoisotopic (exact) mass is 439 g/mol. The van der Waals surface area contributed by atoms with Gasteiger partial charge in [-0.05, 0) is 45.0 Å². The molecule has 0 aliphatic rings. The van der Waals surface area contributed by atoms with E-state index in [9.17, 15) is 18.0 Å². The molecule has 2 aromatic carbocycles. The maximum Gasteiger partial charge on any atom is 0.266 e. The molecule has 7 nitrogen and oxygen atoms in total. The molecule has 1 N–H and O–H groups in total. The Bertz CT molecular complexity index is 1230. The number of nitrogens with one attached hydrogen (secondary N) is 1. The number of amides is 1. The average molecular weight is 440 g/mol. The van der Waals surface area contributed by atoms with Crippen molar-refractivity contribution in [2.45, 2.75) is 32.2 Å². The highest BCUT2D eigenvalue weighted by Crippen LogP contribution is 2.28. The number of aromatic nitrogens is 1. The Morgan fingerprint density at radius 2 is 1.55 bits per heavy atom. The largest absolute Gasteiger partial charge is 0.340 e. The van der Waals surface area contributed by atoms with E-state index in [0.29, 0.717) is 17.1 Å². The number of para-hydroxylation sites is 2. The van der Waals surface area contributed by atoms with E-state index in [1.54, 1.807) is 67.8 Å². The van der Waals surface area contributed by atoms with Crippen molar-refractivity contribution >= 4 is 27.3 Å². The van der Waals surface area contributed by atoms with Gasteiger partial charge in [0.15, 0.2) is 5.43 Å². The number of benzene rings is 2. The van der Waals surface area contributed by atoms with Crippen LogP contribution in [0.1, 0.15) is 18.3 Å². The lowest BCUT2D eigenvalue weighted by atomic mass is 10.2. The van der Waals surface area contributed by atoms with Gasteiger partial charge in [-0.25, -0.2) is 8.42 Å². The molecule has 1 heterocycles. The number of anilines is 2. The van der Waals surface area contributed by atoms with Crippen molar-refractivity contribution in [2.75, 3.05) is 16.2 Å². The second-order valence-electron chi connectivity index (χ2n) is 7.11. The number of carbonyl (C=O) groups is 1. The molecule has 3 aromatic rings. The fourth-order valence-electron chi connectivity index (χ4n) is 3.47. The summed E-state index contributed by atoms with van der Waals surface area (Å²) in [6.07, 6.45) is 0. The summed E-state index contributed by atoms with van der Waals surface area (Å²) in [5, 5.41) is 2.72. The Hall–Kier alpha value is -3.39. The molecule has 31 heavy (non-hydrogen) atoms. The van der Waals surface area contributed by atoms with Crippen molar-refractivity contribution in [3.8, 4) is 0 Å². The lowest BCUT2D eigenvalue weighted by Gasteiger charge is -2.24. The Labute approximate surface area is 182 Å². The van der Waals surface area contributed by atoms with E-state index < -0.39 is 10.0 Å². The van der Waals surface area contributed by atoms with Gasteiger partial charge >= 0.3 is 0 Å². The van der Waals surface area contributed by atoms with Gasteiger partial charge in [0.2, 0.25) is 5.91 Å². The molecule has 0 unspecified atom stereocenters. The number of rotatable bonds is 7. The van der Waals surface area contributed by atoms with Crippen LogP contribution < -0.4 is 15.1 Å². The number of pyridine rings is 1. The molecule has 0 aliphatic carbocycles. The molecule has 0 saturated heterocycles. The summed E-state index contributed by atoms with van der Waals surface area (Å²) in [7, 11) is -3.90. The molecule has 8 heteroatoms. The lowest BCUT2D eigenvalue weighted by Crippen LogP contribution is -2.32. The molecule has 1 aromatic heterocycles. The molecule has 0 bridgehead atoms. The van der Waals surface area contributed by atoms with Crippen molar-refractivity contribution in [1.82, 2.24) is 4.57 Å². The van der Waals surface area contributed by atoms with Crippen LogP contribution in [0.5, 0.6) is 0 Å². The summed E-state index contributed by atoms with van der Waals surface area (Å²) in [5.41, 5.74) is 1.94. The van der Waals surface area contributed by atoms with Crippen LogP contribution in [-0.2, 0) is 21.4 Å². The van der Waals surface area contributed by atoms with Crippen molar-refractivity contribution in [3.05, 3.63) is 88.3 Å². The molecule has 0 fully saturated rings. The van der Waals surface area contributed by atoms with E-state index in [1.807, 2.05) is 6.07 Å². The van der Waals surface area contributed by atoms with Crippen LogP contribution in [0.15, 0.2) is 76.4 Å². The Morgan fingerprint density at radius 3 is 2.16 bits per heavy atom. The molecule has 162 valence electrons. The van der Waals surface area contributed by atoms with Gasteiger partial charge in [-0.3, -0.25) is 13.9 Å². The SMILES string of the molecule is CCN(c1ccccc1)S(=O)(=O)c1ccccc1NC(=O)Cn1c(C)cc(=O)cc1C. The zero-order chi connectivity index (χ0) is 22.6. The molecular weight excluding hydrogens is 414 g/mol. The topological polar surface area (TPSA) is 88.5 Å². The van der Waals surface area contributed by atoms with Gasteiger partial charge in [0.05, 0.1) is 11.4 Å². The van der Waals surface area contributed by atoms with E-state index in [4.69, 9.17) is 0 Å². The van der Waals surface area contributed by atoms with Crippen molar-refractivity contribution < 1.29 is 13.2 Å². The fourth-order valence-corrected chi connectivity index (χ4v) is 5.09. The number of hydrogen-bond acceptors (Lipinski definition) is 4. The number of carbonyl (C=O) groups excluding carboxylic acids is 1. The molecule has 0 saturated carbocycles. The smallest absolute Gasteiger partial charge is 0.266 e. The maximum atomic E-state index is 13.4. The first kappa shape index (κ1) is 22.3. The van der Waals surface area contributed by atoms with E-state index in [0.717, 1.165) is 0 Å². The number of hydrogen-bond donors (Lipinski definition) is 1. The predicted molar refractivity (Wildman–Crippen MR) is 122 cm³/mol. The normalized spacial score (nSPS) is 11.2. The fraction of sp³-hybridized carbons (Fsp3) is 0.217. The van der Waals surface area contributed by atoms with E-state index in [-0.39, 0.29) is 35.0 Å². The quantitative estimate of drug-likeness (QED) is 0.612. The predicted octanol–water partition coefficient (Wildman–Crippen LogP) is 3.32. The van der Waals surface area contributed by atoms with Gasteiger partial charge in [0, 0.05) is 30.1 Å². The lowest BCUT2D eigenvalue weighted by molar-refractivity contribution is -0.116. The molecule has 3 rings (SSSR count). The zero-order valence-corrected chi connectivity index (χ0v) is 18.5. The third-order valence-corrected chi connectivity index (χ3v) is 6.88. The number of aryl methyl sites for hydroxylation is 2.